The van der Waals surface area contributed by atoms with Crippen LogP contribution in [-0.4, -0.2) is 22.7 Å². The van der Waals surface area contributed by atoms with Gasteiger partial charge in [0.05, 0.1) is 6.61 Å². The van der Waals surface area contributed by atoms with Gasteiger partial charge in [-0.3, -0.25) is 0 Å². The van der Waals surface area contributed by atoms with E-state index in [0.29, 0.717) is 18.3 Å². The molecule has 1 unspecified atom stereocenters. The number of esters is 1. The lowest BCUT2D eigenvalue weighted by Crippen LogP contribution is -2.39. The lowest BCUT2D eigenvalue weighted by Gasteiger charge is -2.24. The zero-order valence-electron chi connectivity index (χ0n) is 19.8. The van der Waals surface area contributed by atoms with Gasteiger partial charge in [0.2, 0.25) is 0 Å². The zero-order valence-corrected chi connectivity index (χ0v) is 20.5. The van der Waals surface area contributed by atoms with Crippen LogP contribution in [-0.2, 0) is 16.1 Å². The number of carbonyl (C=O) groups excluding carboxylic acids is 1. The molecule has 3 aromatic rings. The maximum Gasteiger partial charge on any atom is 0.349 e. The number of carbonyl (C=O) groups is 1. The highest BCUT2D eigenvalue weighted by atomic mass is 35.5. The summed E-state index contributed by atoms with van der Waals surface area (Å²) in [6.45, 7) is 10.9. The lowest BCUT2D eigenvalue weighted by atomic mass is 9.91. The molecule has 0 fully saturated rings. The normalized spacial score (nSPS) is 12.7. The molecule has 32 heavy (non-hydrogen) atoms. The van der Waals surface area contributed by atoms with Crippen molar-refractivity contribution in [3.05, 3.63) is 64.8 Å². The van der Waals surface area contributed by atoms with E-state index in [1.807, 2.05) is 24.3 Å². The summed E-state index contributed by atoms with van der Waals surface area (Å²) in [4.78, 5) is 12.2. The quantitative estimate of drug-likeness (QED) is 0.301. The maximum atomic E-state index is 12.2. The van der Waals surface area contributed by atoms with Gasteiger partial charge >= 0.3 is 5.97 Å². The van der Waals surface area contributed by atoms with Crippen LogP contribution in [0.25, 0.3) is 10.9 Å². The average Bonchev–Trinajstić information content (AvgIpc) is 3.06. The van der Waals surface area contributed by atoms with E-state index in [-0.39, 0.29) is 5.97 Å². The van der Waals surface area contributed by atoms with Crippen molar-refractivity contribution < 1.29 is 14.3 Å². The molecule has 0 amide bonds. The van der Waals surface area contributed by atoms with Crippen LogP contribution in [0.15, 0.2) is 48.5 Å². The van der Waals surface area contributed by atoms with Crippen molar-refractivity contribution in [1.82, 2.24) is 4.57 Å². The Morgan fingerprint density at radius 2 is 1.78 bits per heavy atom. The summed E-state index contributed by atoms with van der Waals surface area (Å²) in [6, 6.07) is 16.5. The molecule has 1 aromatic heterocycles. The molecule has 0 aliphatic carbocycles. The van der Waals surface area contributed by atoms with Gasteiger partial charge in [-0.1, -0.05) is 37.1 Å². The van der Waals surface area contributed by atoms with Gasteiger partial charge in [-0.25, -0.2) is 4.79 Å². The molecule has 0 spiro atoms. The third-order valence-corrected chi connectivity index (χ3v) is 6.15. The van der Waals surface area contributed by atoms with E-state index in [1.165, 1.54) is 16.8 Å². The smallest absolute Gasteiger partial charge is 0.349 e. The van der Waals surface area contributed by atoms with E-state index in [0.717, 1.165) is 36.2 Å². The Labute approximate surface area is 196 Å². The molecule has 172 valence electrons. The van der Waals surface area contributed by atoms with E-state index in [4.69, 9.17) is 21.1 Å². The molecule has 0 bridgehead atoms. The van der Waals surface area contributed by atoms with Crippen LogP contribution in [0.5, 0.6) is 5.75 Å². The SMILES string of the molecule is CCCC(CCn1c(C)cc2cc(OC(C)(C)C(=O)OCC)ccc21)c1ccc(Cl)cc1. The molecular formula is C27H34ClNO3. The third-order valence-electron chi connectivity index (χ3n) is 5.90. The van der Waals surface area contributed by atoms with Gasteiger partial charge in [-0.05, 0) is 88.4 Å². The number of aromatic nitrogens is 1. The van der Waals surface area contributed by atoms with Gasteiger partial charge in [0, 0.05) is 28.2 Å². The number of ether oxygens (including phenoxy) is 2. The van der Waals surface area contributed by atoms with Crippen molar-refractivity contribution in [2.45, 2.75) is 71.9 Å². The highest BCUT2D eigenvalue weighted by Gasteiger charge is 2.31. The molecule has 0 aliphatic heterocycles. The number of rotatable bonds is 10. The molecule has 0 aliphatic rings. The molecule has 1 atom stereocenters. The molecule has 0 saturated heterocycles. The summed E-state index contributed by atoms with van der Waals surface area (Å²) in [6.07, 6.45) is 3.37. The molecule has 2 aromatic carbocycles. The van der Waals surface area contributed by atoms with Crippen molar-refractivity contribution in [3.63, 3.8) is 0 Å². The molecule has 1 heterocycles. The summed E-state index contributed by atoms with van der Waals surface area (Å²) >= 11 is 6.08. The van der Waals surface area contributed by atoms with Crippen LogP contribution >= 0.6 is 11.6 Å². The number of nitrogens with zero attached hydrogens (tertiary/aromatic N) is 1. The summed E-state index contributed by atoms with van der Waals surface area (Å²) in [5, 5.41) is 1.89. The van der Waals surface area contributed by atoms with Crippen molar-refractivity contribution in [2.24, 2.45) is 0 Å². The fourth-order valence-corrected chi connectivity index (χ4v) is 4.36. The predicted octanol–water partition coefficient (Wildman–Crippen LogP) is 7.30. The van der Waals surface area contributed by atoms with Crippen molar-refractivity contribution in [3.8, 4) is 5.75 Å². The monoisotopic (exact) mass is 455 g/mol. The Morgan fingerprint density at radius 3 is 2.44 bits per heavy atom. The molecule has 4 nitrogen and oxygen atoms in total. The van der Waals surface area contributed by atoms with E-state index in [2.05, 4.69) is 42.7 Å². The van der Waals surface area contributed by atoms with Crippen LogP contribution in [0.3, 0.4) is 0 Å². The maximum absolute atomic E-state index is 12.2. The zero-order chi connectivity index (χ0) is 23.3. The molecule has 3 rings (SSSR count). The average molecular weight is 456 g/mol. The van der Waals surface area contributed by atoms with Crippen LogP contribution < -0.4 is 4.74 Å². The summed E-state index contributed by atoms with van der Waals surface area (Å²) < 4.78 is 13.5. The van der Waals surface area contributed by atoms with Gasteiger partial charge in [0.25, 0.3) is 0 Å². The second-order valence-corrected chi connectivity index (χ2v) is 9.25. The van der Waals surface area contributed by atoms with E-state index in [1.54, 1.807) is 20.8 Å². The van der Waals surface area contributed by atoms with Gasteiger partial charge in [-0.2, -0.15) is 0 Å². The standard InChI is InChI=1S/C27H34ClNO3/c1-6-8-20(21-9-11-23(28)12-10-21)15-16-29-19(3)17-22-18-24(13-14-25(22)29)32-27(4,5)26(30)31-7-2/h9-14,17-18,20H,6-8,15-16H2,1-5H3. The van der Waals surface area contributed by atoms with Crippen molar-refractivity contribution in [2.75, 3.05) is 6.61 Å². The number of halogens is 1. The minimum absolute atomic E-state index is 0.335. The fraction of sp³-hybridized carbons (Fsp3) is 0.444. The second kappa shape index (κ2) is 10.4. The Kier molecular flexibility index (Phi) is 7.89. The van der Waals surface area contributed by atoms with Gasteiger partial charge in [0.15, 0.2) is 5.60 Å². The Bertz CT molecular complexity index is 1050. The molecule has 0 radical (unpaired) electrons. The largest absolute Gasteiger partial charge is 0.476 e. The Morgan fingerprint density at radius 1 is 1.06 bits per heavy atom. The molecule has 5 heteroatoms. The van der Waals surface area contributed by atoms with Crippen LogP contribution in [0.4, 0.5) is 0 Å². The molecule has 0 saturated carbocycles. The minimum Gasteiger partial charge on any atom is -0.476 e. The number of hydrogen-bond acceptors (Lipinski definition) is 3. The minimum atomic E-state index is -1.03. The highest BCUT2D eigenvalue weighted by Crippen LogP contribution is 2.31. The first kappa shape index (κ1) is 24.2. The summed E-state index contributed by atoms with van der Waals surface area (Å²) in [5.74, 6) is 0.804. The third kappa shape index (κ3) is 5.66. The first-order valence-corrected chi connectivity index (χ1v) is 11.8. The van der Waals surface area contributed by atoms with E-state index in [9.17, 15) is 4.79 Å². The molecule has 0 N–H and O–H groups in total. The van der Waals surface area contributed by atoms with E-state index < -0.39 is 5.60 Å². The van der Waals surface area contributed by atoms with Crippen molar-refractivity contribution >= 4 is 28.5 Å². The number of hydrogen-bond donors (Lipinski definition) is 0. The number of aryl methyl sites for hydroxylation is 2. The Hall–Kier alpha value is -2.46. The lowest BCUT2D eigenvalue weighted by molar-refractivity contribution is -0.158. The Balaban J connectivity index is 1.78. The van der Waals surface area contributed by atoms with Gasteiger partial charge < -0.3 is 14.0 Å². The summed E-state index contributed by atoms with van der Waals surface area (Å²) in [5.41, 5.74) is 2.71. The fourth-order valence-electron chi connectivity index (χ4n) is 4.23. The second-order valence-electron chi connectivity index (χ2n) is 8.82. The topological polar surface area (TPSA) is 40.5 Å². The highest BCUT2D eigenvalue weighted by molar-refractivity contribution is 6.30. The van der Waals surface area contributed by atoms with Crippen molar-refractivity contribution in [1.29, 1.82) is 0 Å². The van der Waals surface area contributed by atoms with Gasteiger partial charge in [-0.15, -0.1) is 0 Å². The number of benzene rings is 2. The first-order valence-electron chi connectivity index (χ1n) is 11.5. The predicted molar refractivity (Wildman–Crippen MR) is 132 cm³/mol. The summed E-state index contributed by atoms with van der Waals surface area (Å²) in [7, 11) is 0. The number of fused-ring (bicyclic) bond motifs is 1. The van der Waals surface area contributed by atoms with Crippen LogP contribution in [0.2, 0.25) is 5.02 Å². The van der Waals surface area contributed by atoms with Crippen LogP contribution in [0, 0.1) is 6.92 Å². The van der Waals surface area contributed by atoms with Gasteiger partial charge in [0.1, 0.15) is 5.75 Å². The van der Waals surface area contributed by atoms with Crippen LogP contribution in [0.1, 0.15) is 64.1 Å². The first-order chi connectivity index (χ1) is 15.2. The van der Waals surface area contributed by atoms with E-state index >= 15 is 0 Å². The molecular weight excluding hydrogens is 422 g/mol.